The van der Waals surface area contributed by atoms with Crippen LogP contribution in [0, 0.1) is 6.92 Å². The van der Waals surface area contributed by atoms with Crippen LogP contribution in [0.5, 0.6) is 0 Å². The van der Waals surface area contributed by atoms with Crippen LogP contribution in [0.4, 0.5) is 0 Å². The molecule has 31 heavy (non-hydrogen) atoms. The van der Waals surface area contributed by atoms with Crippen molar-refractivity contribution in [3.8, 4) is 11.4 Å². The maximum atomic E-state index is 13.3. The summed E-state index contributed by atoms with van der Waals surface area (Å²) < 4.78 is 26.6. The number of sulfone groups is 1. The van der Waals surface area contributed by atoms with Gasteiger partial charge in [0.25, 0.3) is 0 Å². The Morgan fingerprint density at radius 2 is 1.71 bits per heavy atom. The lowest BCUT2D eigenvalue weighted by Crippen LogP contribution is -2.36. The van der Waals surface area contributed by atoms with E-state index < -0.39 is 9.84 Å². The van der Waals surface area contributed by atoms with E-state index in [1.807, 2.05) is 36.1 Å². The third-order valence-corrected chi connectivity index (χ3v) is 8.14. The Morgan fingerprint density at radius 1 is 1.03 bits per heavy atom. The molecule has 1 saturated heterocycles. The zero-order valence-corrected chi connectivity index (χ0v) is 19.0. The maximum Gasteiger partial charge on any atom is 0.232 e. The fourth-order valence-electron chi connectivity index (χ4n) is 3.55. The first-order chi connectivity index (χ1) is 14.9. The second-order valence-electron chi connectivity index (χ2n) is 7.63. The summed E-state index contributed by atoms with van der Waals surface area (Å²) in [5, 5.41) is 0.357. The maximum absolute atomic E-state index is 13.3. The lowest BCUT2D eigenvalue weighted by Gasteiger charge is -2.26. The molecular formula is C23H25N3O3S2. The van der Waals surface area contributed by atoms with Gasteiger partial charge in [-0.25, -0.2) is 13.4 Å². The largest absolute Gasteiger partial charge is 0.342 e. The Balaban J connectivity index is 1.66. The van der Waals surface area contributed by atoms with E-state index >= 15 is 0 Å². The van der Waals surface area contributed by atoms with Gasteiger partial charge in [-0.15, -0.1) is 0 Å². The van der Waals surface area contributed by atoms with E-state index in [1.54, 1.807) is 30.3 Å². The Hall–Kier alpha value is -2.58. The quantitative estimate of drug-likeness (QED) is 0.560. The minimum atomic E-state index is -3.80. The van der Waals surface area contributed by atoms with Crippen molar-refractivity contribution in [2.24, 2.45) is 0 Å². The highest BCUT2D eigenvalue weighted by Gasteiger charge is 2.27. The van der Waals surface area contributed by atoms with Crippen LogP contribution in [0.1, 0.15) is 24.8 Å². The highest BCUT2D eigenvalue weighted by atomic mass is 32.2. The van der Waals surface area contributed by atoms with Gasteiger partial charge in [0.2, 0.25) is 15.7 Å². The zero-order valence-electron chi connectivity index (χ0n) is 17.4. The number of hydrogen-bond acceptors (Lipinski definition) is 5. The minimum Gasteiger partial charge on any atom is -0.342 e. The lowest BCUT2D eigenvalue weighted by atomic mass is 10.1. The highest BCUT2D eigenvalue weighted by molar-refractivity contribution is 8.00. The van der Waals surface area contributed by atoms with E-state index in [-0.39, 0.29) is 21.6 Å². The fourth-order valence-corrected chi connectivity index (χ4v) is 6.10. The molecule has 0 radical (unpaired) electrons. The average Bonchev–Trinajstić information content (AvgIpc) is 3.24. The number of aromatic amines is 1. The summed E-state index contributed by atoms with van der Waals surface area (Å²) >= 11 is 1.18. The van der Waals surface area contributed by atoms with Gasteiger partial charge in [0.1, 0.15) is 10.9 Å². The smallest absolute Gasteiger partial charge is 0.232 e. The summed E-state index contributed by atoms with van der Waals surface area (Å²) in [5.74, 6) is 0.658. The molecule has 2 heterocycles. The van der Waals surface area contributed by atoms with E-state index in [0.29, 0.717) is 10.9 Å². The normalized spacial score (nSPS) is 14.5. The summed E-state index contributed by atoms with van der Waals surface area (Å²) in [5.41, 5.74) is 1.90. The summed E-state index contributed by atoms with van der Waals surface area (Å²) in [6.07, 6.45) is 3.18. The van der Waals surface area contributed by atoms with E-state index in [9.17, 15) is 13.2 Å². The zero-order chi connectivity index (χ0) is 21.8. The van der Waals surface area contributed by atoms with Gasteiger partial charge < -0.3 is 9.88 Å². The SMILES string of the molecule is Cc1ccc(-c2nc(SCC(=O)N3CCCCC3)c(S(=O)(=O)c3ccccc3)[nH]2)cc1. The van der Waals surface area contributed by atoms with Crippen molar-refractivity contribution in [3.05, 3.63) is 60.2 Å². The first-order valence-corrected chi connectivity index (χ1v) is 12.8. The number of carbonyl (C=O) groups is 1. The van der Waals surface area contributed by atoms with E-state index in [4.69, 9.17) is 0 Å². The molecule has 8 heteroatoms. The first-order valence-electron chi connectivity index (χ1n) is 10.3. The van der Waals surface area contributed by atoms with Crippen LogP contribution >= 0.6 is 11.8 Å². The highest BCUT2D eigenvalue weighted by Crippen LogP contribution is 2.32. The molecule has 0 spiro atoms. The molecule has 3 aromatic rings. The van der Waals surface area contributed by atoms with Gasteiger partial charge >= 0.3 is 0 Å². The monoisotopic (exact) mass is 455 g/mol. The molecular weight excluding hydrogens is 430 g/mol. The van der Waals surface area contributed by atoms with Crippen molar-refractivity contribution in [3.63, 3.8) is 0 Å². The van der Waals surface area contributed by atoms with Crippen molar-refractivity contribution in [2.45, 2.75) is 41.1 Å². The number of aromatic nitrogens is 2. The number of aryl methyl sites for hydroxylation is 1. The van der Waals surface area contributed by atoms with E-state index in [2.05, 4.69) is 9.97 Å². The van der Waals surface area contributed by atoms with Gasteiger partial charge in [0, 0.05) is 18.7 Å². The number of thioether (sulfide) groups is 1. The molecule has 162 valence electrons. The Kier molecular flexibility index (Phi) is 6.48. The summed E-state index contributed by atoms with van der Waals surface area (Å²) in [4.78, 5) is 22.3. The molecule has 0 unspecified atom stereocenters. The second kappa shape index (κ2) is 9.28. The number of rotatable bonds is 6. The van der Waals surface area contributed by atoms with Crippen molar-refractivity contribution >= 4 is 27.5 Å². The molecule has 0 atom stereocenters. The molecule has 0 saturated carbocycles. The fraction of sp³-hybridized carbons (Fsp3) is 0.304. The van der Waals surface area contributed by atoms with Gasteiger partial charge in [-0.2, -0.15) is 0 Å². The topological polar surface area (TPSA) is 83.1 Å². The molecule has 1 aliphatic heterocycles. The molecule has 2 aromatic carbocycles. The van der Waals surface area contributed by atoms with Crippen molar-refractivity contribution < 1.29 is 13.2 Å². The van der Waals surface area contributed by atoms with Crippen LogP contribution in [0.2, 0.25) is 0 Å². The standard InChI is InChI=1S/C23H25N3O3S2/c1-17-10-12-18(13-11-17)21-24-22(30-16-20(27)26-14-6-3-7-15-26)23(25-21)31(28,29)19-8-4-2-5-9-19/h2,4-5,8-13H,3,6-7,14-16H2,1H3,(H,24,25). The van der Waals surface area contributed by atoms with Crippen LogP contribution in [0.3, 0.4) is 0 Å². The van der Waals surface area contributed by atoms with Gasteiger partial charge in [-0.1, -0.05) is 59.8 Å². The van der Waals surface area contributed by atoms with Crippen LogP contribution in [0.25, 0.3) is 11.4 Å². The predicted molar refractivity (Wildman–Crippen MR) is 122 cm³/mol. The number of nitrogens with zero attached hydrogens (tertiary/aromatic N) is 2. The predicted octanol–water partition coefficient (Wildman–Crippen LogP) is 4.32. The second-order valence-corrected chi connectivity index (χ2v) is 10.5. The summed E-state index contributed by atoms with van der Waals surface area (Å²) in [6.45, 7) is 3.53. The molecule has 0 aliphatic carbocycles. The molecule has 1 aromatic heterocycles. The molecule has 6 nitrogen and oxygen atoms in total. The van der Waals surface area contributed by atoms with Crippen molar-refractivity contribution in [1.29, 1.82) is 0 Å². The summed E-state index contributed by atoms with van der Waals surface area (Å²) in [7, 11) is -3.80. The van der Waals surface area contributed by atoms with Crippen LogP contribution in [-0.4, -0.2) is 48.0 Å². The van der Waals surface area contributed by atoms with Crippen molar-refractivity contribution in [1.82, 2.24) is 14.9 Å². The van der Waals surface area contributed by atoms with Gasteiger partial charge in [-0.3, -0.25) is 4.79 Å². The number of piperidine rings is 1. The Labute approximate surface area is 187 Å². The Bertz CT molecular complexity index is 1150. The number of nitrogens with one attached hydrogen (secondary N) is 1. The van der Waals surface area contributed by atoms with Crippen molar-refractivity contribution in [2.75, 3.05) is 18.8 Å². The first kappa shape index (κ1) is 21.6. The lowest BCUT2D eigenvalue weighted by molar-refractivity contribution is -0.129. The van der Waals surface area contributed by atoms with Gasteiger partial charge in [-0.05, 0) is 38.3 Å². The average molecular weight is 456 g/mol. The van der Waals surface area contributed by atoms with E-state index in [0.717, 1.165) is 43.5 Å². The number of amides is 1. The molecule has 1 amide bonds. The van der Waals surface area contributed by atoms with Crippen LogP contribution in [-0.2, 0) is 14.6 Å². The number of H-pyrrole nitrogens is 1. The number of likely N-dealkylation sites (tertiary alicyclic amines) is 1. The number of benzene rings is 2. The molecule has 1 fully saturated rings. The number of hydrogen-bond donors (Lipinski definition) is 1. The van der Waals surface area contributed by atoms with Crippen LogP contribution < -0.4 is 0 Å². The molecule has 1 N–H and O–H groups in total. The van der Waals surface area contributed by atoms with E-state index in [1.165, 1.54) is 11.8 Å². The van der Waals surface area contributed by atoms with Gasteiger partial charge in [0.05, 0.1) is 10.6 Å². The Morgan fingerprint density at radius 3 is 2.39 bits per heavy atom. The molecule has 0 bridgehead atoms. The number of carbonyl (C=O) groups excluding carboxylic acids is 1. The minimum absolute atomic E-state index is 0.0210. The molecule has 1 aliphatic rings. The van der Waals surface area contributed by atoms with Gasteiger partial charge in [0.15, 0.2) is 5.03 Å². The third-order valence-electron chi connectivity index (χ3n) is 5.33. The third kappa shape index (κ3) is 4.85. The number of imidazole rings is 1. The summed E-state index contributed by atoms with van der Waals surface area (Å²) in [6, 6.07) is 16.0. The van der Waals surface area contributed by atoms with Crippen LogP contribution in [0.15, 0.2) is 69.5 Å². The molecule has 4 rings (SSSR count).